The third kappa shape index (κ3) is 5.28. The van der Waals surface area contributed by atoms with E-state index < -0.39 is 24.2 Å². The third-order valence-corrected chi connectivity index (χ3v) is 9.21. The zero-order chi connectivity index (χ0) is 30.4. The van der Waals surface area contributed by atoms with Crippen molar-refractivity contribution in [1.82, 2.24) is 4.98 Å². The molecule has 0 radical (unpaired) electrons. The topological polar surface area (TPSA) is 93.6 Å². The standard InChI is InChI=1S/C33H23BrClFN2O5/c1-17-29(35)26(34)14-24-25(33(42)43-16-28(39)19-6-10-20(36)11-7-19)15-27(37-30(17)24)18-8-12-21(13-9-18)38-31(40)22-4-2-3-5-23(22)32(38)41/h2-3,6-15,22-23H,4-5,16H2,1H3. The van der Waals surface area contributed by atoms with Gasteiger partial charge in [-0.2, -0.15) is 0 Å². The molecule has 1 fully saturated rings. The van der Waals surface area contributed by atoms with Crippen LogP contribution in [0.25, 0.3) is 22.2 Å². The number of esters is 1. The highest BCUT2D eigenvalue weighted by molar-refractivity contribution is 9.10. The molecule has 4 aromatic rings. The van der Waals surface area contributed by atoms with Gasteiger partial charge >= 0.3 is 5.97 Å². The number of hydrogen-bond acceptors (Lipinski definition) is 6. The third-order valence-electron chi connectivity index (χ3n) is 7.87. The van der Waals surface area contributed by atoms with Crippen LogP contribution in [-0.2, 0) is 14.3 Å². The van der Waals surface area contributed by atoms with Crippen LogP contribution in [0.15, 0.2) is 77.3 Å². The van der Waals surface area contributed by atoms with Gasteiger partial charge in [-0.3, -0.25) is 19.3 Å². The van der Waals surface area contributed by atoms with E-state index in [0.29, 0.717) is 55.7 Å². The molecule has 1 aliphatic carbocycles. The van der Waals surface area contributed by atoms with E-state index in [-0.39, 0.29) is 34.8 Å². The molecule has 0 saturated carbocycles. The van der Waals surface area contributed by atoms with Crippen LogP contribution in [0.5, 0.6) is 0 Å². The van der Waals surface area contributed by atoms with Crippen molar-refractivity contribution in [3.8, 4) is 11.3 Å². The minimum Gasteiger partial charge on any atom is -0.454 e. The van der Waals surface area contributed by atoms with Gasteiger partial charge in [-0.1, -0.05) is 35.9 Å². The Labute approximate surface area is 259 Å². The van der Waals surface area contributed by atoms with Crippen LogP contribution in [-0.4, -0.2) is 35.2 Å². The monoisotopic (exact) mass is 660 g/mol. The molecule has 1 aliphatic heterocycles. The largest absolute Gasteiger partial charge is 0.454 e. The van der Waals surface area contributed by atoms with Gasteiger partial charge in [-0.05, 0) is 89.8 Å². The molecule has 2 amide bonds. The number of allylic oxidation sites excluding steroid dienone is 2. The van der Waals surface area contributed by atoms with Gasteiger partial charge in [0.25, 0.3) is 0 Å². The molecule has 7 nitrogen and oxygen atoms in total. The summed E-state index contributed by atoms with van der Waals surface area (Å²) in [6.07, 6.45) is 4.99. The van der Waals surface area contributed by atoms with E-state index in [0.717, 1.165) is 12.1 Å². The second-order valence-corrected chi connectivity index (χ2v) is 11.7. The predicted molar refractivity (Wildman–Crippen MR) is 163 cm³/mol. The number of ketones is 1. The van der Waals surface area contributed by atoms with Gasteiger partial charge in [0.05, 0.1) is 39.3 Å². The number of hydrogen-bond donors (Lipinski definition) is 0. The molecule has 2 heterocycles. The Bertz CT molecular complexity index is 1830. The smallest absolute Gasteiger partial charge is 0.339 e. The maximum Gasteiger partial charge on any atom is 0.339 e. The number of aryl methyl sites for hydroxylation is 1. The van der Waals surface area contributed by atoms with Crippen molar-refractivity contribution in [2.45, 2.75) is 19.8 Å². The number of rotatable bonds is 6. The van der Waals surface area contributed by atoms with Crippen molar-refractivity contribution in [3.05, 3.63) is 105 Å². The Morgan fingerprint density at radius 2 is 1.63 bits per heavy atom. The maximum atomic E-state index is 13.4. The van der Waals surface area contributed by atoms with E-state index in [4.69, 9.17) is 21.3 Å². The second kappa shape index (κ2) is 11.5. The molecule has 3 aromatic carbocycles. The lowest BCUT2D eigenvalue weighted by atomic mass is 9.85. The molecule has 6 rings (SSSR count). The van der Waals surface area contributed by atoms with Crippen LogP contribution in [0.3, 0.4) is 0 Å². The van der Waals surface area contributed by atoms with E-state index in [9.17, 15) is 23.6 Å². The first-order valence-corrected chi connectivity index (χ1v) is 14.7. The number of benzene rings is 3. The minimum atomic E-state index is -0.751. The first-order valence-electron chi connectivity index (χ1n) is 13.5. The number of imide groups is 1. The van der Waals surface area contributed by atoms with Gasteiger partial charge in [-0.15, -0.1) is 0 Å². The van der Waals surface area contributed by atoms with Gasteiger partial charge in [0.15, 0.2) is 12.4 Å². The summed E-state index contributed by atoms with van der Waals surface area (Å²) in [5, 5.41) is 0.901. The number of carbonyl (C=O) groups excluding carboxylic acids is 4. The van der Waals surface area contributed by atoms with Crippen molar-refractivity contribution >= 4 is 67.7 Å². The quantitative estimate of drug-likeness (QED) is 0.0935. The Hall–Kier alpha value is -4.21. The Morgan fingerprint density at radius 1 is 1.00 bits per heavy atom. The van der Waals surface area contributed by atoms with Gasteiger partial charge in [-0.25, -0.2) is 14.2 Å². The minimum absolute atomic E-state index is 0.165. The highest BCUT2D eigenvalue weighted by atomic mass is 79.9. The fraction of sp³-hybridized carbons (Fsp3) is 0.182. The number of anilines is 1. The molecule has 2 aliphatic rings. The number of pyridine rings is 1. The molecular weight excluding hydrogens is 639 g/mol. The predicted octanol–water partition coefficient (Wildman–Crippen LogP) is 7.26. The van der Waals surface area contributed by atoms with E-state index in [2.05, 4.69) is 15.9 Å². The van der Waals surface area contributed by atoms with E-state index in [1.165, 1.54) is 17.0 Å². The molecule has 0 N–H and O–H groups in total. The highest BCUT2D eigenvalue weighted by Crippen LogP contribution is 2.39. The average molecular weight is 662 g/mol. The molecular formula is C33H23BrClFN2O5. The summed E-state index contributed by atoms with van der Waals surface area (Å²) in [5.41, 5.74) is 2.99. The van der Waals surface area contributed by atoms with Crippen LogP contribution >= 0.6 is 27.5 Å². The van der Waals surface area contributed by atoms with Crippen molar-refractivity contribution in [2.75, 3.05) is 11.5 Å². The lowest BCUT2D eigenvalue weighted by Gasteiger charge is -2.16. The Kier molecular flexibility index (Phi) is 7.70. The molecule has 1 saturated heterocycles. The molecule has 2 atom stereocenters. The van der Waals surface area contributed by atoms with Crippen LogP contribution in [0.1, 0.15) is 39.1 Å². The first kappa shape index (κ1) is 28.9. The molecule has 216 valence electrons. The highest BCUT2D eigenvalue weighted by Gasteiger charge is 2.47. The molecule has 43 heavy (non-hydrogen) atoms. The molecule has 0 spiro atoms. The normalized spacial score (nSPS) is 17.8. The fourth-order valence-corrected chi connectivity index (χ4v) is 6.21. The first-order chi connectivity index (χ1) is 20.6. The molecule has 1 aromatic heterocycles. The van der Waals surface area contributed by atoms with Gasteiger partial charge in [0.1, 0.15) is 5.82 Å². The molecule has 2 unspecified atom stereocenters. The average Bonchev–Trinajstić information content (AvgIpc) is 3.28. The summed E-state index contributed by atoms with van der Waals surface area (Å²) in [6.45, 7) is 1.24. The number of ether oxygens (including phenoxy) is 1. The lowest BCUT2D eigenvalue weighted by Crippen LogP contribution is -2.30. The SMILES string of the molecule is Cc1c(Cl)c(Br)cc2c(C(=O)OCC(=O)c3ccc(F)cc3)cc(-c3ccc(N4C(=O)C5CC=CCC5C4=O)cc3)nc12. The number of fused-ring (bicyclic) bond motifs is 2. The number of aromatic nitrogens is 1. The summed E-state index contributed by atoms with van der Waals surface area (Å²) >= 11 is 9.92. The molecule has 0 bridgehead atoms. The maximum absolute atomic E-state index is 13.4. The number of nitrogens with zero attached hydrogens (tertiary/aromatic N) is 2. The number of amides is 2. The van der Waals surface area contributed by atoms with Crippen molar-refractivity contribution in [3.63, 3.8) is 0 Å². The number of carbonyl (C=O) groups is 4. The zero-order valence-corrected chi connectivity index (χ0v) is 25.1. The molecule has 10 heteroatoms. The van der Waals surface area contributed by atoms with E-state index in [1.54, 1.807) is 43.3 Å². The van der Waals surface area contributed by atoms with Crippen LogP contribution in [0.2, 0.25) is 5.02 Å². The van der Waals surface area contributed by atoms with Crippen LogP contribution in [0, 0.1) is 24.6 Å². The zero-order valence-electron chi connectivity index (χ0n) is 22.8. The Morgan fingerprint density at radius 3 is 2.26 bits per heavy atom. The number of halogens is 3. The summed E-state index contributed by atoms with van der Waals surface area (Å²) in [5.74, 6) is -2.79. The second-order valence-electron chi connectivity index (χ2n) is 10.5. The van der Waals surface area contributed by atoms with Crippen LogP contribution < -0.4 is 4.90 Å². The number of Topliss-reactive ketones (excluding diaryl/α,β-unsaturated/α-hetero) is 1. The lowest BCUT2D eigenvalue weighted by molar-refractivity contribution is -0.122. The summed E-state index contributed by atoms with van der Waals surface area (Å²) < 4.78 is 19.2. The van der Waals surface area contributed by atoms with Gasteiger partial charge < -0.3 is 4.74 Å². The summed E-state index contributed by atoms with van der Waals surface area (Å²) in [4.78, 5) is 58.0. The summed E-state index contributed by atoms with van der Waals surface area (Å²) in [6, 6.07) is 15.0. The van der Waals surface area contributed by atoms with Crippen LogP contribution in [0.4, 0.5) is 10.1 Å². The van der Waals surface area contributed by atoms with Gasteiger partial charge in [0, 0.05) is 21.0 Å². The van der Waals surface area contributed by atoms with E-state index >= 15 is 0 Å². The fourth-order valence-electron chi connectivity index (χ4n) is 5.54. The van der Waals surface area contributed by atoms with Crippen molar-refractivity contribution in [2.24, 2.45) is 11.8 Å². The van der Waals surface area contributed by atoms with Crippen molar-refractivity contribution < 1.29 is 28.3 Å². The van der Waals surface area contributed by atoms with Gasteiger partial charge in [0.2, 0.25) is 11.8 Å². The van der Waals surface area contributed by atoms with E-state index in [1.807, 2.05) is 12.2 Å². The Balaban J connectivity index is 1.33. The summed E-state index contributed by atoms with van der Waals surface area (Å²) in [7, 11) is 0. The van der Waals surface area contributed by atoms with Crippen molar-refractivity contribution in [1.29, 1.82) is 0 Å².